The molecule has 0 radical (unpaired) electrons. The smallest absolute Gasteiger partial charge is 0.271 e. The molecule has 0 aliphatic heterocycles. The lowest BCUT2D eigenvalue weighted by Gasteiger charge is -2.06. The van der Waals surface area contributed by atoms with Gasteiger partial charge in [0.05, 0.1) is 0 Å². The van der Waals surface area contributed by atoms with Crippen molar-refractivity contribution in [3.63, 3.8) is 0 Å². The summed E-state index contributed by atoms with van der Waals surface area (Å²) in [5, 5.41) is 19.0. The standard InChI is InChI=1S/C15H10N6O2/c16-8-10-2-1-7-18-15(10)23-11-5-3-9(4-6-11)12-13(14(17)22)20-21-19-12/h1-7H,(H2,17,22)(H,19,20,21). The zero-order chi connectivity index (χ0) is 16.2. The Balaban J connectivity index is 1.87. The fourth-order valence-electron chi connectivity index (χ4n) is 1.95. The topological polar surface area (TPSA) is 131 Å². The summed E-state index contributed by atoms with van der Waals surface area (Å²) in [4.78, 5) is 15.3. The summed E-state index contributed by atoms with van der Waals surface area (Å²) in [7, 11) is 0. The van der Waals surface area contributed by atoms with Crippen LogP contribution in [0.25, 0.3) is 11.3 Å². The summed E-state index contributed by atoms with van der Waals surface area (Å²) in [6.45, 7) is 0. The first-order valence-corrected chi connectivity index (χ1v) is 6.53. The first kappa shape index (κ1) is 14.2. The van der Waals surface area contributed by atoms with Gasteiger partial charge in [0.25, 0.3) is 5.91 Å². The third kappa shape index (κ3) is 2.84. The average molecular weight is 306 g/mol. The van der Waals surface area contributed by atoms with E-state index in [1.54, 1.807) is 42.6 Å². The number of benzene rings is 1. The zero-order valence-electron chi connectivity index (χ0n) is 11.7. The fourth-order valence-corrected chi connectivity index (χ4v) is 1.95. The molecule has 1 amide bonds. The molecule has 3 aromatic rings. The monoisotopic (exact) mass is 306 g/mol. The molecule has 2 heterocycles. The van der Waals surface area contributed by atoms with Crippen molar-refractivity contribution in [1.29, 1.82) is 5.26 Å². The molecule has 3 N–H and O–H groups in total. The van der Waals surface area contributed by atoms with Crippen LogP contribution in [0.1, 0.15) is 16.1 Å². The number of ether oxygens (including phenoxy) is 1. The molecule has 23 heavy (non-hydrogen) atoms. The number of nitrogens with two attached hydrogens (primary N) is 1. The summed E-state index contributed by atoms with van der Waals surface area (Å²) < 4.78 is 5.58. The Kier molecular flexibility index (Phi) is 3.68. The molecule has 0 spiro atoms. The van der Waals surface area contributed by atoms with Gasteiger partial charge in [-0.15, -0.1) is 0 Å². The summed E-state index contributed by atoms with van der Waals surface area (Å²) in [5.74, 6) is 0.0521. The number of hydrogen-bond acceptors (Lipinski definition) is 6. The van der Waals surface area contributed by atoms with E-state index in [4.69, 9.17) is 15.7 Å². The normalized spacial score (nSPS) is 10.0. The Morgan fingerprint density at radius 2 is 2.00 bits per heavy atom. The Bertz CT molecular complexity index is 895. The van der Waals surface area contributed by atoms with Gasteiger partial charge in [0, 0.05) is 11.8 Å². The number of aromatic amines is 1. The Labute approximate surface area is 130 Å². The van der Waals surface area contributed by atoms with Gasteiger partial charge in [0.15, 0.2) is 5.69 Å². The van der Waals surface area contributed by atoms with E-state index in [9.17, 15) is 4.79 Å². The van der Waals surface area contributed by atoms with Gasteiger partial charge in [-0.25, -0.2) is 4.98 Å². The Morgan fingerprint density at radius 3 is 2.70 bits per heavy atom. The average Bonchev–Trinajstić information content (AvgIpc) is 3.06. The van der Waals surface area contributed by atoms with Crippen LogP contribution in [0.5, 0.6) is 11.6 Å². The summed E-state index contributed by atoms with van der Waals surface area (Å²) in [6.07, 6.45) is 1.54. The lowest BCUT2D eigenvalue weighted by molar-refractivity contribution is 0.0996. The van der Waals surface area contributed by atoms with Gasteiger partial charge in [-0.1, -0.05) is 0 Å². The molecule has 0 saturated heterocycles. The molecule has 0 bridgehead atoms. The van der Waals surface area contributed by atoms with Crippen molar-refractivity contribution >= 4 is 5.91 Å². The van der Waals surface area contributed by atoms with Crippen LogP contribution in [-0.2, 0) is 0 Å². The van der Waals surface area contributed by atoms with Crippen LogP contribution < -0.4 is 10.5 Å². The molecule has 0 fully saturated rings. The number of carbonyl (C=O) groups is 1. The van der Waals surface area contributed by atoms with Crippen LogP contribution in [0.15, 0.2) is 42.6 Å². The van der Waals surface area contributed by atoms with Crippen LogP contribution in [0.4, 0.5) is 0 Å². The van der Waals surface area contributed by atoms with Crippen LogP contribution in [-0.4, -0.2) is 26.3 Å². The summed E-state index contributed by atoms with van der Waals surface area (Å²) in [6, 6.07) is 12.0. The molecule has 3 rings (SSSR count). The lowest BCUT2D eigenvalue weighted by Crippen LogP contribution is -2.12. The SMILES string of the molecule is N#Cc1cccnc1Oc1ccc(-c2n[nH]nc2C(N)=O)cc1. The van der Waals surface area contributed by atoms with Gasteiger partial charge in [0.1, 0.15) is 23.1 Å². The molecule has 0 aliphatic carbocycles. The van der Waals surface area contributed by atoms with Gasteiger partial charge in [-0.3, -0.25) is 4.79 Å². The van der Waals surface area contributed by atoms with E-state index in [1.165, 1.54) is 0 Å². The maximum absolute atomic E-state index is 11.3. The highest BCUT2D eigenvalue weighted by molar-refractivity contribution is 5.96. The zero-order valence-corrected chi connectivity index (χ0v) is 11.7. The van der Waals surface area contributed by atoms with E-state index < -0.39 is 5.91 Å². The number of primary amides is 1. The second kappa shape index (κ2) is 5.95. The van der Waals surface area contributed by atoms with Crippen LogP contribution >= 0.6 is 0 Å². The highest BCUT2D eigenvalue weighted by atomic mass is 16.5. The number of hydrogen-bond donors (Lipinski definition) is 2. The van der Waals surface area contributed by atoms with Crippen molar-refractivity contribution < 1.29 is 9.53 Å². The molecule has 1 aromatic carbocycles. The number of nitrogens with one attached hydrogen (secondary N) is 1. The number of amides is 1. The van der Waals surface area contributed by atoms with Crippen molar-refractivity contribution in [2.75, 3.05) is 0 Å². The first-order chi connectivity index (χ1) is 11.2. The molecule has 112 valence electrons. The van der Waals surface area contributed by atoms with Crippen molar-refractivity contribution in [2.45, 2.75) is 0 Å². The highest BCUT2D eigenvalue weighted by Gasteiger charge is 2.15. The molecular weight excluding hydrogens is 296 g/mol. The number of H-pyrrole nitrogens is 1. The second-order valence-electron chi connectivity index (χ2n) is 4.48. The van der Waals surface area contributed by atoms with E-state index in [2.05, 4.69) is 20.4 Å². The molecular formula is C15H10N6O2. The number of nitrogens with zero attached hydrogens (tertiary/aromatic N) is 4. The molecule has 0 atom stereocenters. The largest absolute Gasteiger partial charge is 0.438 e. The predicted molar refractivity (Wildman–Crippen MR) is 79.4 cm³/mol. The van der Waals surface area contributed by atoms with Crippen LogP contribution in [0.3, 0.4) is 0 Å². The van der Waals surface area contributed by atoms with Gasteiger partial charge in [-0.2, -0.15) is 20.7 Å². The van der Waals surface area contributed by atoms with Crippen molar-refractivity contribution in [3.8, 4) is 29.0 Å². The van der Waals surface area contributed by atoms with Gasteiger partial charge in [-0.05, 0) is 36.4 Å². The lowest BCUT2D eigenvalue weighted by atomic mass is 10.1. The molecule has 0 unspecified atom stereocenters. The van der Waals surface area contributed by atoms with Gasteiger partial charge in [0.2, 0.25) is 5.88 Å². The van der Waals surface area contributed by atoms with E-state index in [-0.39, 0.29) is 11.6 Å². The van der Waals surface area contributed by atoms with Gasteiger partial charge >= 0.3 is 0 Å². The minimum Gasteiger partial charge on any atom is -0.438 e. The molecule has 8 nitrogen and oxygen atoms in total. The maximum Gasteiger partial charge on any atom is 0.271 e. The number of rotatable bonds is 4. The maximum atomic E-state index is 11.3. The van der Waals surface area contributed by atoms with E-state index in [0.29, 0.717) is 22.6 Å². The molecule has 2 aromatic heterocycles. The fraction of sp³-hybridized carbons (Fsp3) is 0. The quantitative estimate of drug-likeness (QED) is 0.753. The number of aromatic nitrogens is 4. The minimum atomic E-state index is -0.666. The van der Waals surface area contributed by atoms with Gasteiger partial charge < -0.3 is 10.5 Å². The van der Waals surface area contributed by atoms with E-state index >= 15 is 0 Å². The summed E-state index contributed by atoms with van der Waals surface area (Å²) in [5.41, 5.74) is 6.65. The third-order valence-corrected chi connectivity index (χ3v) is 3.02. The molecule has 0 aliphatic rings. The number of carbonyl (C=O) groups excluding carboxylic acids is 1. The number of nitriles is 1. The minimum absolute atomic E-state index is 0.0650. The Morgan fingerprint density at radius 1 is 1.22 bits per heavy atom. The Hall–Kier alpha value is -3.73. The number of pyridine rings is 1. The highest BCUT2D eigenvalue weighted by Crippen LogP contribution is 2.26. The molecule has 8 heteroatoms. The van der Waals surface area contributed by atoms with Crippen LogP contribution in [0.2, 0.25) is 0 Å². The summed E-state index contributed by atoms with van der Waals surface area (Å²) >= 11 is 0. The second-order valence-corrected chi connectivity index (χ2v) is 4.48. The van der Waals surface area contributed by atoms with Crippen molar-refractivity contribution in [1.82, 2.24) is 20.4 Å². The van der Waals surface area contributed by atoms with Crippen molar-refractivity contribution in [3.05, 3.63) is 53.9 Å². The molecule has 0 saturated carbocycles. The van der Waals surface area contributed by atoms with E-state index in [0.717, 1.165) is 0 Å². The van der Waals surface area contributed by atoms with Crippen LogP contribution in [0, 0.1) is 11.3 Å². The third-order valence-electron chi connectivity index (χ3n) is 3.02. The van der Waals surface area contributed by atoms with Crippen molar-refractivity contribution in [2.24, 2.45) is 5.73 Å². The first-order valence-electron chi connectivity index (χ1n) is 6.53. The van der Waals surface area contributed by atoms with E-state index in [1.807, 2.05) is 6.07 Å². The predicted octanol–water partition coefficient (Wildman–Crippen LogP) is 1.63.